The maximum atomic E-state index is 6.76. The van der Waals surface area contributed by atoms with Gasteiger partial charge >= 0.3 is 0 Å². The molecule has 0 radical (unpaired) electrons. The standard InChI is InChI=1S/C45H27N3OS/c1-2-11-28(12-3-1)38-27-39(48-45(47-38)30-22-20-29(21-23-30)37-17-8-9-26-46-37)35-25-24-32(42-36-14-4-6-18-40(36)49-43(35)42)34-16-10-15-33-31-13-5-7-19-41(31)50-44(33)34/h1-27H. The first kappa shape index (κ1) is 28.6. The summed E-state index contributed by atoms with van der Waals surface area (Å²) in [6, 6.07) is 54.6. The van der Waals surface area contributed by atoms with Crippen molar-refractivity contribution < 1.29 is 4.42 Å². The van der Waals surface area contributed by atoms with Crippen molar-refractivity contribution in [1.29, 1.82) is 0 Å². The van der Waals surface area contributed by atoms with E-state index in [9.17, 15) is 0 Å². The average Bonchev–Trinajstić information content (AvgIpc) is 3.78. The highest BCUT2D eigenvalue weighted by atomic mass is 32.1. The van der Waals surface area contributed by atoms with E-state index in [1.165, 1.54) is 25.7 Å². The molecule has 4 nitrogen and oxygen atoms in total. The van der Waals surface area contributed by atoms with Gasteiger partial charge in [-0.2, -0.15) is 0 Å². The minimum absolute atomic E-state index is 0.650. The Labute approximate surface area is 292 Å². The quantitative estimate of drug-likeness (QED) is 0.185. The summed E-state index contributed by atoms with van der Waals surface area (Å²) in [5.41, 5.74) is 10.5. The molecule has 0 N–H and O–H groups in total. The van der Waals surface area contributed by atoms with Crippen molar-refractivity contribution in [2.45, 2.75) is 0 Å². The van der Waals surface area contributed by atoms with Crippen LogP contribution in [0.3, 0.4) is 0 Å². The van der Waals surface area contributed by atoms with Gasteiger partial charge in [0.25, 0.3) is 0 Å². The second-order valence-electron chi connectivity index (χ2n) is 12.4. The van der Waals surface area contributed by atoms with E-state index in [1.807, 2.05) is 66.1 Å². The molecule has 0 spiro atoms. The van der Waals surface area contributed by atoms with Crippen LogP contribution < -0.4 is 0 Å². The van der Waals surface area contributed by atoms with Crippen molar-refractivity contribution in [3.63, 3.8) is 0 Å². The van der Waals surface area contributed by atoms with Crippen LogP contribution in [0.2, 0.25) is 0 Å². The zero-order valence-corrected chi connectivity index (χ0v) is 27.6. The van der Waals surface area contributed by atoms with Crippen LogP contribution >= 0.6 is 11.3 Å². The number of pyridine rings is 1. The van der Waals surface area contributed by atoms with Gasteiger partial charge in [-0.1, -0.05) is 121 Å². The van der Waals surface area contributed by atoms with Gasteiger partial charge in [0.2, 0.25) is 0 Å². The van der Waals surface area contributed by atoms with Crippen molar-refractivity contribution in [3.8, 4) is 56.3 Å². The van der Waals surface area contributed by atoms with E-state index >= 15 is 0 Å². The summed E-state index contributed by atoms with van der Waals surface area (Å²) in [6.07, 6.45) is 1.81. The molecule has 0 unspecified atom stereocenters. The van der Waals surface area contributed by atoms with Crippen molar-refractivity contribution in [1.82, 2.24) is 15.0 Å². The monoisotopic (exact) mass is 657 g/mol. The maximum Gasteiger partial charge on any atom is 0.160 e. The molecule has 0 aliphatic heterocycles. The zero-order valence-electron chi connectivity index (χ0n) is 26.7. The topological polar surface area (TPSA) is 51.8 Å². The number of hydrogen-bond donors (Lipinski definition) is 0. The first-order chi connectivity index (χ1) is 24.8. The number of thiophene rings is 1. The second-order valence-corrected chi connectivity index (χ2v) is 13.4. The highest BCUT2D eigenvalue weighted by molar-refractivity contribution is 7.26. The Morgan fingerprint density at radius 3 is 2.02 bits per heavy atom. The Hall–Kier alpha value is -6.43. The first-order valence-electron chi connectivity index (χ1n) is 16.6. The van der Waals surface area contributed by atoms with E-state index < -0.39 is 0 Å². The number of fused-ring (bicyclic) bond motifs is 6. The molecule has 50 heavy (non-hydrogen) atoms. The van der Waals surface area contributed by atoms with Gasteiger partial charge in [0.15, 0.2) is 5.82 Å². The summed E-state index contributed by atoms with van der Waals surface area (Å²) in [6.45, 7) is 0. The van der Waals surface area contributed by atoms with Gasteiger partial charge in [-0.05, 0) is 42.0 Å². The number of para-hydroxylation sites is 1. The minimum Gasteiger partial charge on any atom is -0.455 e. The Morgan fingerprint density at radius 2 is 1.16 bits per heavy atom. The van der Waals surface area contributed by atoms with Crippen molar-refractivity contribution in [2.24, 2.45) is 0 Å². The Balaban J connectivity index is 1.20. The fraction of sp³-hybridized carbons (Fsp3) is 0. The van der Waals surface area contributed by atoms with Crippen LogP contribution in [0.1, 0.15) is 0 Å². The number of hydrogen-bond acceptors (Lipinski definition) is 5. The van der Waals surface area contributed by atoms with Crippen molar-refractivity contribution in [2.75, 3.05) is 0 Å². The van der Waals surface area contributed by atoms with Crippen LogP contribution in [0.25, 0.3) is 98.4 Å². The number of rotatable bonds is 5. The van der Waals surface area contributed by atoms with E-state index in [4.69, 9.17) is 14.4 Å². The first-order valence-corrected chi connectivity index (χ1v) is 17.4. The number of furan rings is 1. The third-order valence-corrected chi connectivity index (χ3v) is 10.6. The third kappa shape index (κ3) is 4.71. The highest BCUT2D eigenvalue weighted by Gasteiger charge is 2.21. The normalized spacial score (nSPS) is 11.6. The van der Waals surface area contributed by atoms with E-state index in [1.54, 1.807) is 0 Å². The Bertz CT molecular complexity index is 2860. The van der Waals surface area contributed by atoms with Crippen LogP contribution in [-0.2, 0) is 0 Å². The number of aromatic nitrogens is 3. The second kappa shape index (κ2) is 11.6. The predicted molar refractivity (Wildman–Crippen MR) is 207 cm³/mol. The molecule has 10 aromatic rings. The third-order valence-electron chi connectivity index (χ3n) is 9.40. The molecule has 0 amide bonds. The van der Waals surface area contributed by atoms with Gasteiger partial charge in [0.05, 0.1) is 17.1 Å². The molecule has 0 aliphatic rings. The molecule has 0 saturated carbocycles. The molecule has 234 valence electrons. The number of nitrogens with zero attached hydrogens (tertiary/aromatic N) is 3. The predicted octanol–water partition coefficient (Wildman–Crippen LogP) is 12.5. The molecule has 0 aliphatic carbocycles. The van der Waals surface area contributed by atoms with Crippen molar-refractivity contribution in [3.05, 3.63) is 164 Å². The van der Waals surface area contributed by atoms with E-state index in [0.717, 1.165) is 66.8 Å². The largest absolute Gasteiger partial charge is 0.455 e. The lowest BCUT2D eigenvalue weighted by Gasteiger charge is -2.12. The lowest BCUT2D eigenvalue weighted by atomic mass is 9.95. The summed E-state index contributed by atoms with van der Waals surface area (Å²) in [4.78, 5) is 14.8. The van der Waals surface area contributed by atoms with Gasteiger partial charge in [-0.3, -0.25) is 4.98 Å². The summed E-state index contributed by atoms with van der Waals surface area (Å²) >= 11 is 1.84. The summed E-state index contributed by atoms with van der Waals surface area (Å²) in [5, 5.41) is 4.73. The smallest absolute Gasteiger partial charge is 0.160 e. The maximum absolute atomic E-state index is 6.76. The van der Waals surface area contributed by atoms with Crippen LogP contribution in [-0.4, -0.2) is 15.0 Å². The fourth-order valence-electron chi connectivity index (χ4n) is 7.01. The Morgan fingerprint density at radius 1 is 0.460 bits per heavy atom. The molecule has 10 rings (SSSR count). The van der Waals surface area contributed by atoms with E-state index in [0.29, 0.717) is 5.82 Å². The van der Waals surface area contributed by atoms with E-state index in [2.05, 4.69) is 114 Å². The van der Waals surface area contributed by atoms with Crippen LogP contribution in [0.5, 0.6) is 0 Å². The van der Waals surface area contributed by atoms with Gasteiger partial charge in [-0.25, -0.2) is 9.97 Å². The van der Waals surface area contributed by atoms with Gasteiger partial charge in [0.1, 0.15) is 11.2 Å². The average molecular weight is 658 g/mol. The molecule has 0 bridgehead atoms. The van der Waals surface area contributed by atoms with E-state index in [-0.39, 0.29) is 0 Å². The molecular weight excluding hydrogens is 631 g/mol. The minimum atomic E-state index is 0.650. The Kier molecular flexibility index (Phi) is 6.64. The summed E-state index contributed by atoms with van der Waals surface area (Å²) in [7, 11) is 0. The molecule has 0 atom stereocenters. The molecule has 0 fully saturated rings. The molecule has 4 heterocycles. The van der Waals surface area contributed by atoms with Crippen LogP contribution in [0.15, 0.2) is 168 Å². The SMILES string of the molecule is c1ccc(-c2cc(-c3ccc(-c4cccc5c4sc4ccccc45)c4c3oc3ccccc34)nc(-c3ccc(-c4ccccn4)cc3)n2)cc1. The summed E-state index contributed by atoms with van der Waals surface area (Å²) < 4.78 is 9.33. The van der Waals surface area contributed by atoms with Gasteiger partial charge < -0.3 is 4.42 Å². The molecule has 6 aromatic carbocycles. The zero-order chi connectivity index (χ0) is 33.0. The lowest BCUT2D eigenvalue weighted by molar-refractivity contribution is 0.670. The lowest BCUT2D eigenvalue weighted by Crippen LogP contribution is -1.96. The molecular formula is C45H27N3OS. The summed E-state index contributed by atoms with van der Waals surface area (Å²) in [5.74, 6) is 0.650. The molecule has 4 aromatic heterocycles. The van der Waals surface area contributed by atoms with Gasteiger partial charge in [-0.15, -0.1) is 11.3 Å². The highest BCUT2D eigenvalue weighted by Crippen LogP contribution is 2.46. The molecule has 5 heteroatoms. The van der Waals surface area contributed by atoms with Crippen LogP contribution in [0.4, 0.5) is 0 Å². The number of benzene rings is 6. The molecule has 0 saturated heterocycles. The van der Waals surface area contributed by atoms with Crippen LogP contribution in [0, 0.1) is 0 Å². The fourth-order valence-corrected chi connectivity index (χ4v) is 8.24. The van der Waals surface area contributed by atoms with Gasteiger partial charge in [0, 0.05) is 65.0 Å². The van der Waals surface area contributed by atoms with Crippen molar-refractivity contribution >= 4 is 53.4 Å².